The Morgan fingerprint density at radius 3 is 2.26 bits per heavy atom. The number of nitrogens with one attached hydrogen (secondary N) is 1. The lowest BCUT2D eigenvalue weighted by Crippen LogP contribution is -2.24. The van der Waals surface area contributed by atoms with Crippen LogP contribution in [-0.4, -0.2) is 24.2 Å². The Balaban J connectivity index is 2.35. The van der Waals surface area contributed by atoms with E-state index in [-0.39, 0.29) is 0 Å². The summed E-state index contributed by atoms with van der Waals surface area (Å²) in [4.78, 5) is 13.0. The summed E-state index contributed by atoms with van der Waals surface area (Å²) >= 11 is 0. The molecule has 0 radical (unpaired) electrons. The molecular weight excluding hydrogens is 272 g/mol. The number of sulfonamides is 1. The van der Waals surface area contributed by atoms with Gasteiger partial charge in [0.2, 0.25) is 10.9 Å². The molecule has 8 heteroatoms. The van der Waals surface area contributed by atoms with E-state index >= 15 is 0 Å². The van der Waals surface area contributed by atoms with Crippen molar-refractivity contribution in [2.24, 2.45) is 0 Å². The van der Waals surface area contributed by atoms with Crippen LogP contribution in [0.25, 0.3) is 0 Å². The smallest absolute Gasteiger partial charge is 0.371 e. The Morgan fingerprint density at radius 2 is 1.79 bits per heavy atom. The first-order chi connectivity index (χ1) is 8.81. The molecule has 0 saturated carbocycles. The number of rotatable bonds is 4. The summed E-state index contributed by atoms with van der Waals surface area (Å²) in [7, 11) is -3.96. The van der Waals surface area contributed by atoms with E-state index in [1.54, 1.807) is 26.0 Å². The molecule has 2 aromatic heterocycles. The molecule has 0 saturated heterocycles. The number of carboxylic acid groups (broad SMARTS) is 1. The maximum atomic E-state index is 12.0. The van der Waals surface area contributed by atoms with Gasteiger partial charge in [-0.3, -0.25) is 4.68 Å². The Bertz CT molecular complexity index is 707. The van der Waals surface area contributed by atoms with Crippen molar-refractivity contribution in [2.45, 2.75) is 18.9 Å². The molecule has 102 valence electrons. The highest BCUT2D eigenvalue weighted by molar-refractivity contribution is 7.92. The SMILES string of the molecule is Cc1ccc(C)n1NS(=O)(=O)c1ccc(C(=O)O)o1. The highest BCUT2D eigenvalue weighted by Crippen LogP contribution is 2.16. The van der Waals surface area contributed by atoms with Crippen LogP contribution in [0, 0.1) is 13.8 Å². The van der Waals surface area contributed by atoms with Crippen LogP contribution >= 0.6 is 0 Å². The largest absolute Gasteiger partial charge is 0.475 e. The highest BCUT2D eigenvalue weighted by Gasteiger charge is 2.22. The number of hydrogen-bond acceptors (Lipinski definition) is 4. The van der Waals surface area contributed by atoms with Crippen LogP contribution in [0.3, 0.4) is 0 Å². The van der Waals surface area contributed by atoms with Gasteiger partial charge in [-0.15, -0.1) is 0 Å². The molecule has 2 N–H and O–H groups in total. The topological polar surface area (TPSA) is 102 Å². The fraction of sp³-hybridized carbons (Fsp3) is 0.182. The normalized spacial score (nSPS) is 11.5. The summed E-state index contributed by atoms with van der Waals surface area (Å²) in [6.45, 7) is 3.47. The van der Waals surface area contributed by atoms with Crippen LogP contribution < -0.4 is 4.83 Å². The second-order valence-corrected chi connectivity index (χ2v) is 5.56. The Morgan fingerprint density at radius 1 is 1.21 bits per heavy atom. The molecule has 0 bridgehead atoms. The maximum Gasteiger partial charge on any atom is 0.371 e. The van der Waals surface area contributed by atoms with Gasteiger partial charge < -0.3 is 9.52 Å². The van der Waals surface area contributed by atoms with Gasteiger partial charge in [0, 0.05) is 11.4 Å². The van der Waals surface area contributed by atoms with Gasteiger partial charge in [0.25, 0.3) is 0 Å². The number of furan rings is 1. The summed E-state index contributed by atoms with van der Waals surface area (Å²) in [5, 5.41) is 8.25. The molecule has 19 heavy (non-hydrogen) atoms. The lowest BCUT2D eigenvalue weighted by atomic mass is 10.5. The minimum atomic E-state index is -3.96. The molecule has 0 unspecified atom stereocenters. The van der Waals surface area contributed by atoms with Crippen molar-refractivity contribution < 1.29 is 22.7 Å². The minimum Gasteiger partial charge on any atom is -0.475 e. The first-order valence-corrected chi connectivity index (χ1v) is 6.80. The second-order valence-electron chi connectivity index (χ2n) is 3.97. The zero-order valence-corrected chi connectivity index (χ0v) is 11.1. The van der Waals surface area contributed by atoms with Crippen LogP contribution in [0.15, 0.2) is 33.8 Å². The fourth-order valence-corrected chi connectivity index (χ4v) is 2.62. The number of aromatic nitrogens is 1. The van der Waals surface area contributed by atoms with Crippen molar-refractivity contribution in [1.29, 1.82) is 0 Å². The van der Waals surface area contributed by atoms with Crippen molar-refractivity contribution in [1.82, 2.24) is 4.68 Å². The molecule has 2 rings (SSSR count). The van der Waals surface area contributed by atoms with Crippen LogP contribution in [0.4, 0.5) is 0 Å². The first kappa shape index (κ1) is 13.2. The second kappa shape index (κ2) is 4.47. The van der Waals surface area contributed by atoms with Crippen LogP contribution in [-0.2, 0) is 10.0 Å². The van der Waals surface area contributed by atoms with Crippen molar-refractivity contribution in [2.75, 3.05) is 4.83 Å². The van der Waals surface area contributed by atoms with Gasteiger partial charge in [-0.1, -0.05) is 0 Å². The van der Waals surface area contributed by atoms with E-state index < -0.39 is 26.8 Å². The van der Waals surface area contributed by atoms with E-state index in [1.165, 1.54) is 4.68 Å². The van der Waals surface area contributed by atoms with E-state index in [0.717, 1.165) is 12.1 Å². The zero-order chi connectivity index (χ0) is 14.2. The van der Waals surface area contributed by atoms with E-state index in [9.17, 15) is 13.2 Å². The van der Waals surface area contributed by atoms with Gasteiger partial charge in [0.15, 0.2) is 0 Å². The predicted molar refractivity (Wildman–Crippen MR) is 66.1 cm³/mol. The van der Waals surface area contributed by atoms with Gasteiger partial charge in [0.05, 0.1) is 0 Å². The molecule has 0 fully saturated rings. The lowest BCUT2D eigenvalue weighted by molar-refractivity contribution is 0.0656. The van der Waals surface area contributed by atoms with Crippen molar-refractivity contribution in [3.63, 3.8) is 0 Å². The number of carboxylic acids is 1. The molecule has 0 amide bonds. The van der Waals surface area contributed by atoms with Gasteiger partial charge in [-0.25, -0.2) is 9.63 Å². The molecule has 0 aliphatic rings. The molecule has 0 aliphatic carbocycles. The third-order valence-corrected chi connectivity index (χ3v) is 3.71. The van der Waals surface area contributed by atoms with Crippen molar-refractivity contribution >= 4 is 16.0 Å². The molecule has 2 aromatic rings. The minimum absolute atomic E-state index is 0.429. The predicted octanol–water partition coefficient (Wildman–Crippen LogP) is 1.33. The van der Waals surface area contributed by atoms with E-state index in [4.69, 9.17) is 9.52 Å². The summed E-state index contributed by atoms with van der Waals surface area (Å²) in [5.41, 5.74) is 1.40. The fourth-order valence-electron chi connectivity index (χ4n) is 1.56. The maximum absolute atomic E-state index is 12.0. The van der Waals surface area contributed by atoms with Gasteiger partial charge in [-0.05, 0) is 38.1 Å². The summed E-state index contributed by atoms with van der Waals surface area (Å²) in [5.74, 6) is -1.75. The summed E-state index contributed by atoms with van der Waals surface area (Å²) < 4.78 is 30.2. The molecule has 0 aromatic carbocycles. The molecular formula is C11H12N2O5S. The first-order valence-electron chi connectivity index (χ1n) is 5.32. The average molecular weight is 284 g/mol. The monoisotopic (exact) mass is 284 g/mol. The van der Waals surface area contributed by atoms with Crippen LogP contribution in [0.5, 0.6) is 0 Å². The van der Waals surface area contributed by atoms with Gasteiger partial charge >= 0.3 is 16.0 Å². The number of hydrogen-bond donors (Lipinski definition) is 2. The zero-order valence-electron chi connectivity index (χ0n) is 10.2. The Labute approximate surface area is 109 Å². The third kappa shape index (κ3) is 2.48. The van der Waals surface area contributed by atoms with Gasteiger partial charge in [0.1, 0.15) is 0 Å². The third-order valence-electron chi connectivity index (χ3n) is 2.54. The molecule has 2 heterocycles. The highest BCUT2D eigenvalue weighted by atomic mass is 32.2. The molecule has 7 nitrogen and oxygen atoms in total. The molecule has 0 spiro atoms. The lowest BCUT2D eigenvalue weighted by Gasteiger charge is -2.11. The Hall–Kier alpha value is -2.22. The number of nitrogens with zero attached hydrogens (tertiary/aromatic N) is 1. The summed E-state index contributed by atoms with van der Waals surface area (Å²) in [6, 6.07) is 5.69. The quantitative estimate of drug-likeness (QED) is 0.881. The van der Waals surface area contributed by atoms with E-state index in [0.29, 0.717) is 11.4 Å². The van der Waals surface area contributed by atoms with E-state index in [1.807, 2.05) is 0 Å². The van der Waals surface area contributed by atoms with Gasteiger partial charge in [-0.2, -0.15) is 8.42 Å². The molecule has 0 atom stereocenters. The Kier molecular flexibility index (Phi) is 3.11. The standard InChI is InChI=1S/C11H12N2O5S/c1-7-3-4-8(2)13(7)12-19(16,17)10-6-5-9(18-10)11(14)15/h3-6,12H,1-2H3,(H,14,15). The van der Waals surface area contributed by atoms with Crippen LogP contribution in [0.1, 0.15) is 21.9 Å². The van der Waals surface area contributed by atoms with E-state index in [2.05, 4.69) is 4.83 Å². The van der Waals surface area contributed by atoms with Crippen molar-refractivity contribution in [3.8, 4) is 0 Å². The average Bonchev–Trinajstić information content (AvgIpc) is 2.92. The molecule has 0 aliphatic heterocycles. The van der Waals surface area contributed by atoms with Crippen LogP contribution in [0.2, 0.25) is 0 Å². The summed E-state index contributed by atoms with van der Waals surface area (Å²) in [6.07, 6.45) is 0. The number of carbonyl (C=O) groups is 1. The number of aryl methyl sites for hydroxylation is 2. The number of aromatic carboxylic acids is 1. The van der Waals surface area contributed by atoms with Crippen molar-refractivity contribution in [3.05, 3.63) is 41.4 Å².